The zero-order valence-electron chi connectivity index (χ0n) is 8.58. The van der Waals surface area contributed by atoms with Crippen molar-refractivity contribution in [3.63, 3.8) is 0 Å². The normalized spacial score (nSPS) is 16.9. The van der Waals surface area contributed by atoms with Crippen molar-refractivity contribution in [2.75, 3.05) is 0 Å². The van der Waals surface area contributed by atoms with Crippen LogP contribution >= 0.6 is 11.6 Å². The number of halogens is 1. The van der Waals surface area contributed by atoms with Crippen LogP contribution in [0.3, 0.4) is 0 Å². The second kappa shape index (κ2) is 4.86. The Balaban J connectivity index is 2.07. The summed E-state index contributed by atoms with van der Waals surface area (Å²) < 4.78 is 5.79. The quantitative estimate of drug-likeness (QED) is 0.858. The molecule has 2 rings (SSSR count). The van der Waals surface area contributed by atoms with Gasteiger partial charge in [0.1, 0.15) is 5.75 Å². The lowest BCUT2D eigenvalue weighted by atomic mass is 10.2. The minimum Gasteiger partial charge on any atom is -0.489 e. The fourth-order valence-electron chi connectivity index (χ4n) is 1.92. The fraction of sp³-hybridized carbons (Fsp3) is 0.500. The highest BCUT2D eigenvalue weighted by Gasteiger charge is 2.17. The summed E-state index contributed by atoms with van der Waals surface area (Å²) in [6.07, 6.45) is 5.06. The maximum atomic E-state index is 8.94. The molecule has 0 spiro atoms. The van der Waals surface area contributed by atoms with Crippen molar-refractivity contribution in [1.29, 1.82) is 0 Å². The van der Waals surface area contributed by atoms with E-state index in [1.54, 1.807) is 6.07 Å². The van der Waals surface area contributed by atoms with Gasteiger partial charge in [-0.3, -0.25) is 0 Å². The molecule has 1 saturated carbocycles. The third-order valence-electron chi connectivity index (χ3n) is 2.77. The first-order chi connectivity index (χ1) is 7.29. The molecular formula is C12H15ClO2. The lowest BCUT2D eigenvalue weighted by Crippen LogP contribution is -2.11. The van der Waals surface area contributed by atoms with E-state index in [2.05, 4.69) is 0 Å². The molecular weight excluding hydrogens is 212 g/mol. The lowest BCUT2D eigenvalue weighted by molar-refractivity contribution is 0.210. The number of hydrogen-bond acceptors (Lipinski definition) is 2. The summed E-state index contributed by atoms with van der Waals surface area (Å²) in [5, 5.41) is 9.53. The molecule has 0 unspecified atom stereocenters. The predicted molar refractivity (Wildman–Crippen MR) is 60.3 cm³/mol. The summed E-state index contributed by atoms with van der Waals surface area (Å²) in [4.78, 5) is 0. The van der Waals surface area contributed by atoms with Gasteiger partial charge in [0.05, 0.1) is 17.7 Å². The first-order valence-electron chi connectivity index (χ1n) is 5.35. The number of aliphatic hydroxyl groups excluding tert-OH is 1. The van der Waals surface area contributed by atoms with Gasteiger partial charge in [0.15, 0.2) is 0 Å². The molecule has 0 bridgehead atoms. The van der Waals surface area contributed by atoms with Gasteiger partial charge in [-0.15, -0.1) is 0 Å². The molecule has 1 N–H and O–H groups in total. The summed E-state index contributed by atoms with van der Waals surface area (Å²) in [7, 11) is 0. The van der Waals surface area contributed by atoms with Gasteiger partial charge in [0.2, 0.25) is 0 Å². The predicted octanol–water partition coefficient (Wildman–Crippen LogP) is 3.15. The zero-order chi connectivity index (χ0) is 10.7. The van der Waals surface area contributed by atoms with Gasteiger partial charge in [-0.25, -0.2) is 0 Å². The SMILES string of the molecule is OCc1ccc(OC2CCCC2)c(Cl)c1. The van der Waals surface area contributed by atoms with Crippen LogP contribution in [-0.2, 0) is 6.61 Å². The molecule has 0 heterocycles. The van der Waals surface area contributed by atoms with Crippen LogP contribution in [0.4, 0.5) is 0 Å². The number of aliphatic hydroxyl groups is 1. The Morgan fingerprint density at radius 2 is 2.07 bits per heavy atom. The maximum absolute atomic E-state index is 8.94. The minimum absolute atomic E-state index is 0.0173. The number of rotatable bonds is 3. The number of ether oxygens (including phenoxy) is 1. The topological polar surface area (TPSA) is 29.5 Å². The van der Waals surface area contributed by atoms with Gasteiger partial charge >= 0.3 is 0 Å². The Kier molecular flexibility index (Phi) is 3.49. The van der Waals surface area contributed by atoms with E-state index < -0.39 is 0 Å². The average Bonchev–Trinajstić information content (AvgIpc) is 2.74. The van der Waals surface area contributed by atoms with Crippen molar-refractivity contribution in [1.82, 2.24) is 0 Å². The Labute approximate surface area is 94.8 Å². The molecule has 1 aliphatic rings. The van der Waals surface area contributed by atoms with Crippen molar-refractivity contribution >= 4 is 11.6 Å². The Bertz CT molecular complexity index is 332. The number of benzene rings is 1. The summed E-state index contributed by atoms with van der Waals surface area (Å²) >= 11 is 6.05. The molecule has 1 aromatic carbocycles. The lowest BCUT2D eigenvalue weighted by Gasteiger charge is -2.14. The molecule has 0 aromatic heterocycles. The Morgan fingerprint density at radius 3 is 2.67 bits per heavy atom. The van der Waals surface area contributed by atoms with Gasteiger partial charge in [0, 0.05) is 0 Å². The highest BCUT2D eigenvalue weighted by Crippen LogP contribution is 2.30. The van der Waals surface area contributed by atoms with Crippen LogP contribution in [0.5, 0.6) is 5.75 Å². The third kappa shape index (κ3) is 2.64. The molecule has 1 aromatic rings. The van der Waals surface area contributed by atoms with Crippen LogP contribution in [0.15, 0.2) is 18.2 Å². The zero-order valence-corrected chi connectivity index (χ0v) is 9.33. The summed E-state index contributed by atoms with van der Waals surface area (Å²) in [6.45, 7) is 0.0173. The highest BCUT2D eigenvalue weighted by atomic mass is 35.5. The molecule has 0 radical (unpaired) electrons. The summed E-state index contributed by atoms with van der Waals surface area (Å²) in [6, 6.07) is 5.44. The van der Waals surface area contributed by atoms with Gasteiger partial charge < -0.3 is 9.84 Å². The summed E-state index contributed by atoms with van der Waals surface area (Å²) in [5.74, 6) is 0.737. The highest BCUT2D eigenvalue weighted by molar-refractivity contribution is 6.32. The molecule has 1 fully saturated rings. The van der Waals surface area contributed by atoms with E-state index in [-0.39, 0.29) is 6.61 Å². The van der Waals surface area contributed by atoms with E-state index in [0.717, 1.165) is 24.2 Å². The molecule has 2 nitrogen and oxygen atoms in total. The molecule has 3 heteroatoms. The molecule has 0 atom stereocenters. The van der Waals surface area contributed by atoms with E-state index in [1.807, 2.05) is 12.1 Å². The maximum Gasteiger partial charge on any atom is 0.138 e. The average molecular weight is 227 g/mol. The Hall–Kier alpha value is -0.730. The van der Waals surface area contributed by atoms with Gasteiger partial charge in [0.25, 0.3) is 0 Å². The largest absolute Gasteiger partial charge is 0.489 e. The third-order valence-corrected chi connectivity index (χ3v) is 3.07. The molecule has 0 amide bonds. The molecule has 1 aliphatic carbocycles. The second-order valence-electron chi connectivity index (χ2n) is 3.95. The first kappa shape index (κ1) is 10.8. The fourth-order valence-corrected chi connectivity index (χ4v) is 2.17. The smallest absolute Gasteiger partial charge is 0.138 e. The van der Waals surface area contributed by atoms with Crippen LogP contribution in [0, 0.1) is 0 Å². The van der Waals surface area contributed by atoms with Crippen LogP contribution in [-0.4, -0.2) is 11.2 Å². The van der Waals surface area contributed by atoms with E-state index >= 15 is 0 Å². The van der Waals surface area contributed by atoms with Crippen molar-refractivity contribution in [2.45, 2.75) is 38.4 Å². The molecule has 0 aliphatic heterocycles. The van der Waals surface area contributed by atoms with Gasteiger partial charge in [-0.1, -0.05) is 17.7 Å². The van der Waals surface area contributed by atoms with E-state index in [9.17, 15) is 0 Å². The van der Waals surface area contributed by atoms with Gasteiger partial charge in [-0.05, 0) is 43.4 Å². The second-order valence-corrected chi connectivity index (χ2v) is 4.35. The van der Waals surface area contributed by atoms with Crippen molar-refractivity contribution < 1.29 is 9.84 Å². The monoisotopic (exact) mass is 226 g/mol. The van der Waals surface area contributed by atoms with Crippen LogP contribution in [0.25, 0.3) is 0 Å². The standard InChI is InChI=1S/C12H15ClO2/c13-11-7-9(8-14)5-6-12(11)15-10-3-1-2-4-10/h5-7,10,14H,1-4,8H2. The minimum atomic E-state index is 0.0173. The number of hydrogen-bond donors (Lipinski definition) is 1. The summed E-state index contributed by atoms with van der Waals surface area (Å²) in [5.41, 5.74) is 0.818. The Morgan fingerprint density at radius 1 is 1.33 bits per heavy atom. The van der Waals surface area contributed by atoms with Crippen molar-refractivity contribution in [3.05, 3.63) is 28.8 Å². The molecule has 15 heavy (non-hydrogen) atoms. The molecule has 82 valence electrons. The van der Waals surface area contributed by atoms with Crippen LogP contribution < -0.4 is 4.74 Å². The van der Waals surface area contributed by atoms with Crippen LogP contribution in [0.1, 0.15) is 31.2 Å². The van der Waals surface area contributed by atoms with Crippen molar-refractivity contribution in [2.24, 2.45) is 0 Å². The van der Waals surface area contributed by atoms with Gasteiger partial charge in [-0.2, -0.15) is 0 Å². The van der Waals surface area contributed by atoms with E-state index in [0.29, 0.717) is 11.1 Å². The van der Waals surface area contributed by atoms with E-state index in [4.69, 9.17) is 21.4 Å². The molecule has 0 saturated heterocycles. The first-order valence-corrected chi connectivity index (χ1v) is 5.73. The van der Waals surface area contributed by atoms with E-state index in [1.165, 1.54) is 12.8 Å². The van der Waals surface area contributed by atoms with Crippen LogP contribution in [0.2, 0.25) is 5.02 Å². The van der Waals surface area contributed by atoms with Crippen molar-refractivity contribution in [3.8, 4) is 5.75 Å².